The van der Waals surface area contributed by atoms with E-state index in [2.05, 4.69) is 15.0 Å². The molecule has 5 nitrogen and oxygen atoms in total. The van der Waals surface area contributed by atoms with Crippen LogP contribution in [0.1, 0.15) is 5.56 Å². The molecule has 0 fully saturated rings. The number of rotatable bonds is 5. The van der Waals surface area contributed by atoms with E-state index < -0.39 is 10.0 Å². The number of hydrogen-bond donors (Lipinski definition) is 2. The molecule has 3 aromatic rings. The van der Waals surface area contributed by atoms with Crippen LogP contribution >= 0.6 is 11.3 Å². The van der Waals surface area contributed by atoms with Gasteiger partial charge in [0.25, 0.3) is 0 Å². The number of nitrogens with one attached hydrogen (secondary N) is 2. The predicted molar refractivity (Wildman–Crippen MR) is 89.6 cm³/mol. The number of benzene rings is 1. The Morgan fingerprint density at radius 2 is 1.91 bits per heavy atom. The van der Waals surface area contributed by atoms with Crippen LogP contribution in [0.15, 0.2) is 52.9 Å². The third-order valence-corrected chi connectivity index (χ3v) is 5.70. The molecule has 114 valence electrons. The highest BCUT2D eigenvalue weighted by Gasteiger charge is 2.10. The molecular weight excluding hydrogens is 318 g/mol. The summed E-state index contributed by atoms with van der Waals surface area (Å²) in [7, 11) is -1.98. The van der Waals surface area contributed by atoms with Gasteiger partial charge in [0.2, 0.25) is 10.0 Å². The molecule has 2 aromatic heterocycles. The average molecular weight is 333 g/mol. The minimum atomic E-state index is -3.38. The summed E-state index contributed by atoms with van der Waals surface area (Å²) in [5.74, 6) is 0. The Morgan fingerprint density at radius 3 is 2.64 bits per heavy atom. The van der Waals surface area contributed by atoms with Crippen LogP contribution in [-0.2, 0) is 16.6 Å². The molecule has 0 aliphatic heterocycles. The van der Waals surface area contributed by atoms with Gasteiger partial charge in [0.1, 0.15) is 0 Å². The summed E-state index contributed by atoms with van der Waals surface area (Å²) in [6, 6.07) is 10.8. The maximum absolute atomic E-state index is 11.7. The predicted octanol–water partition coefficient (Wildman–Crippen LogP) is 2.82. The molecule has 0 atom stereocenters. The van der Waals surface area contributed by atoms with Crippen LogP contribution in [0.4, 0.5) is 5.69 Å². The van der Waals surface area contributed by atoms with Gasteiger partial charge < -0.3 is 5.32 Å². The lowest BCUT2D eigenvalue weighted by molar-refractivity contribution is 0.588. The topological polar surface area (TPSA) is 71.1 Å². The molecule has 0 amide bonds. The van der Waals surface area contributed by atoms with Crippen LogP contribution in [-0.4, -0.2) is 20.4 Å². The van der Waals surface area contributed by atoms with Crippen molar-refractivity contribution in [2.45, 2.75) is 11.4 Å². The smallest absolute Gasteiger partial charge is 0.240 e. The SMILES string of the molecule is CNS(=O)(=O)c1ccc(CNc2ccnc3ccsc23)cc1. The quantitative estimate of drug-likeness (QED) is 0.753. The van der Waals surface area contributed by atoms with Crippen molar-refractivity contribution in [2.24, 2.45) is 0 Å². The number of nitrogens with zero attached hydrogens (tertiary/aromatic N) is 1. The van der Waals surface area contributed by atoms with Crippen molar-refractivity contribution in [1.82, 2.24) is 9.71 Å². The molecule has 2 N–H and O–H groups in total. The summed E-state index contributed by atoms with van der Waals surface area (Å²) in [5, 5.41) is 5.38. The van der Waals surface area contributed by atoms with Crippen LogP contribution in [0.25, 0.3) is 10.2 Å². The lowest BCUT2D eigenvalue weighted by atomic mass is 10.2. The summed E-state index contributed by atoms with van der Waals surface area (Å²) < 4.78 is 26.8. The van der Waals surface area contributed by atoms with Gasteiger partial charge in [-0.2, -0.15) is 0 Å². The van der Waals surface area contributed by atoms with Crippen molar-refractivity contribution < 1.29 is 8.42 Å². The van der Waals surface area contributed by atoms with Crippen molar-refractivity contribution in [2.75, 3.05) is 12.4 Å². The zero-order valence-corrected chi connectivity index (χ0v) is 13.5. The first-order chi connectivity index (χ1) is 10.6. The number of fused-ring (bicyclic) bond motifs is 1. The fourth-order valence-corrected chi connectivity index (χ4v) is 3.69. The van der Waals surface area contributed by atoms with Gasteiger partial charge in [-0.1, -0.05) is 12.1 Å². The first-order valence-corrected chi connectivity index (χ1v) is 9.05. The molecule has 0 spiro atoms. The Morgan fingerprint density at radius 1 is 1.14 bits per heavy atom. The Bertz CT molecular complexity index is 887. The van der Waals surface area contributed by atoms with E-state index in [0.29, 0.717) is 6.54 Å². The molecular formula is C15H15N3O2S2. The van der Waals surface area contributed by atoms with Gasteiger partial charge in [0.05, 0.1) is 20.8 Å². The normalized spacial score (nSPS) is 11.7. The number of pyridine rings is 1. The summed E-state index contributed by atoms with van der Waals surface area (Å²) >= 11 is 1.65. The fourth-order valence-electron chi connectivity index (χ4n) is 2.11. The van der Waals surface area contributed by atoms with E-state index >= 15 is 0 Å². The highest BCUT2D eigenvalue weighted by atomic mass is 32.2. The van der Waals surface area contributed by atoms with E-state index in [-0.39, 0.29) is 4.90 Å². The van der Waals surface area contributed by atoms with Crippen LogP contribution < -0.4 is 10.0 Å². The molecule has 0 aliphatic carbocycles. The van der Waals surface area contributed by atoms with E-state index in [1.54, 1.807) is 29.7 Å². The molecule has 22 heavy (non-hydrogen) atoms. The van der Waals surface area contributed by atoms with Gasteiger partial charge in [-0.05, 0) is 42.3 Å². The first-order valence-electron chi connectivity index (χ1n) is 6.69. The number of hydrogen-bond acceptors (Lipinski definition) is 5. The summed E-state index contributed by atoms with van der Waals surface area (Å²) in [6.07, 6.45) is 1.78. The molecule has 0 radical (unpaired) electrons. The number of anilines is 1. The maximum Gasteiger partial charge on any atom is 0.240 e. The highest BCUT2D eigenvalue weighted by molar-refractivity contribution is 7.89. The Labute approximate surface area is 133 Å². The zero-order chi connectivity index (χ0) is 15.6. The molecule has 3 rings (SSSR count). The molecule has 0 saturated carbocycles. The number of sulfonamides is 1. The van der Waals surface area contributed by atoms with E-state index in [1.165, 1.54) is 7.05 Å². The fraction of sp³-hybridized carbons (Fsp3) is 0.133. The van der Waals surface area contributed by atoms with Crippen molar-refractivity contribution >= 4 is 37.3 Å². The maximum atomic E-state index is 11.7. The lowest BCUT2D eigenvalue weighted by Crippen LogP contribution is -2.18. The van der Waals surface area contributed by atoms with Crippen molar-refractivity contribution in [3.8, 4) is 0 Å². The van der Waals surface area contributed by atoms with E-state index in [4.69, 9.17) is 0 Å². The minimum Gasteiger partial charge on any atom is -0.380 e. The molecule has 0 bridgehead atoms. The molecule has 1 aromatic carbocycles. The van der Waals surface area contributed by atoms with Gasteiger partial charge in [-0.25, -0.2) is 13.1 Å². The largest absolute Gasteiger partial charge is 0.380 e. The first kappa shape index (κ1) is 15.0. The van der Waals surface area contributed by atoms with Gasteiger partial charge >= 0.3 is 0 Å². The Kier molecular flexibility index (Phi) is 4.10. The third kappa shape index (κ3) is 2.96. The Hall–Kier alpha value is -1.96. The average Bonchev–Trinajstić information content (AvgIpc) is 3.02. The van der Waals surface area contributed by atoms with Gasteiger partial charge in [-0.15, -0.1) is 11.3 Å². The van der Waals surface area contributed by atoms with Crippen LogP contribution in [0.5, 0.6) is 0 Å². The van der Waals surface area contributed by atoms with E-state index in [0.717, 1.165) is 21.5 Å². The summed E-state index contributed by atoms with van der Waals surface area (Å²) in [4.78, 5) is 4.57. The second kappa shape index (κ2) is 6.04. The third-order valence-electron chi connectivity index (χ3n) is 3.33. The molecule has 0 unspecified atom stereocenters. The lowest BCUT2D eigenvalue weighted by Gasteiger charge is -2.08. The zero-order valence-electron chi connectivity index (χ0n) is 11.9. The van der Waals surface area contributed by atoms with Crippen LogP contribution in [0.3, 0.4) is 0 Å². The Balaban J connectivity index is 1.76. The monoisotopic (exact) mass is 333 g/mol. The highest BCUT2D eigenvalue weighted by Crippen LogP contribution is 2.27. The molecule has 0 saturated heterocycles. The second-order valence-corrected chi connectivity index (χ2v) is 7.50. The second-order valence-electron chi connectivity index (χ2n) is 4.70. The molecule has 2 heterocycles. The van der Waals surface area contributed by atoms with Crippen LogP contribution in [0.2, 0.25) is 0 Å². The number of aromatic nitrogens is 1. The van der Waals surface area contributed by atoms with Crippen molar-refractivity contribution in [3.63, 3.8) is 0 Å². The van der Waals surface area contributed by atoms with Crippen molar-refractivity contribution in [3.05, 3.63) is 53.5 Å². The molecule has 0 aliphatic rings. The van der Waals surface area contributed by atoms with Gasteiger partial charge in [-0.3, -0.25) is 4.98 Å². The minimum absolute atomic E-state index is 0.267. The summed E-state index contributed by atoms with van der Waals surface area (Å²) in [6.45, 7) is 0.622. The van der Waals surface area contributed by atoms with Gasteiger partial charge in [0.15, 0.2) is 0 Å². The van der Waals surface area contributed by atoms with Gasteiger partial charge in [0, 0.05) is 12.7 Å². The van der Waals surface area contributed by atoms with Crippen molar-refractivity contribution in [1.29, 1.82) is 0 Å². The van der Waals surface area contributed by atoms with E-state index in [1.807, 2.05) is 29.6 Å². The molecule has 7 heteroatoms. The van der Waals surface area contributed by atoms with E-state index in [9.17, 15) is 8.42 Å². The standard InChI is InChI=1S/C15H15N3O2S2/c1-16-22(19,20)12-4-2-11(3-5-12)10-18-13-6-8-17-14-7-9-21-15(13)14/h2-9,16H,10H2,1H3,(H,17,18). The van der Waals surface area contributed by atoms with Crippen LogP contribution in [0, 0.1) is 0 Å². The summed E-state index contributed by atoms with van der Waals surface area (Å²) in [5.41, 5.74) is 3.02. The number of thiophene rings is 1.